The molecule has 0 aliphatic heterocycles. The van der Waals surface area contributed by atoms with E-state index in [-0.39, 0.29) is 6.10 Å². The second kappa shape index (κ2) is 11.6. The number of ether oxygens (including phenoxy) is 2. The van der Waals surface area contributed by atoms with Gasteiger partial charge >= 0.3 is 0 Å². The Labute approximate surface area is 118 Å². The summed E-state index contributed by atoms with van der Waals surface area (Å²) < 4.78 is 10.7. The van der Waals surface area contributed by atoms with Crippen molar-refractivity contribution in [3.05, 3.63) is 0 Å². The predicted molar refractivity (Wildman–Crippen MR) is 78.5 cm³/mol. The largest absolute Gasteiger partial charge is 0.389 e. The molecule has 0 saturated heterocycles. The summed E-state index contributed by atoms with van der Waals surface area (Å²) in [6.07, 6.45) is 0.844. The van der Waals surface area contributed by atoms with Crippen molar-refractivity contribution in [1.82, 2.24) is 10.2 Å². The van der Waals surface area contributed by atoms with Gasteiger partial charge in [-0.05, 0) is 47.8 Å². The fraction of sp³-hybridized carbons (Fsp3) is 1.00. The molecule has 0 aliphatic rings. The molecular weight excluding hydrogens is 244 g/mol. The molecule has 0 heterocycles. The summed E-state index contributed by atoms with van der Waals surface area (Å²) in [6, 6.07) is 0.404. The minimum Gasteiger partial charge on any atom is -0.389 e. The maximum atomic E-state index is 9.75. The summed E-state index contributed by atoms with van der Waals surface area (Å²) in [5.74, 6) is 0. The molecule has 5 heteroatoms. The van der Waals surface area contributed by atoms with Crippen molar-refractivity contribution in [2.24, 2.45) is 0 Å². The van der Waals surface area contributed by atoms with E-state index < -0.39 is 6.10 Å². The fourth-order valence-electron chi connectivity index (χ4n) is 1.51. The van der Waals surface area contributed by atoms with Crippen LogP contribution in [0, 0.1) is 0 Å². The Morgan fingerprint density at radius 2 is 1.84 bits per heavy atom. The average Bonchev–Trinajstić information content (AvgIpc) is 2.33. The van der Waals surface area contributed by atoms with Crippen molar-refractivity contribution < 1.29 is 14.6 Å². The summed E-state index contributed by atoms with van der Waals surface area (Å²) in [7, 11) is 4.13. The zero-order valence-electron chi connectivity index (χ0n) is 13.2. The molecule has 0 fully saturated rings. The van der Waals surface area contributed by atoms with Gasteiger partial charge in [0.25, 0.3) is 0 Å². The van der Waals surface area contributed by atoms with Gasteiger partial charge in [0, 0.05) is 12.6 Å². The molecular formula is C14H32N2O3. The Morgan fingerprint density at radius 1 is 1.16 bits per heavy atom. The molecule has 2 N–H and O–H groups in total. The van der Waals surface area contributed by atoms with Crippen LogP contribution >= 0.6 is 0 Å². The number of nitrogens with one attached hydrogen (secondary N) is 1. The zero-order chi connectivity index (χ0) is 14.7. The third kappa shape index (κ3) is 14.0. The normalized spacial score (nSPS) is 15.2. The molecule has 0 saturated carbocycles. The van der Waals surface area contributed by atoms with Crippen molar-refractivity contribution in [3.8, 4) is 0 Å². The van der Waals surface area contributed by atoms with E-state index in [4.69, 9.17) is 9.47 Å². The number of aliphatic hydroxyl groups is 1. The molecule has 0 radical (unpaired) electrons. The van der Waals surface area contributed by atoms with Crippen molar-refractivity contribution in [2.75, 3.05) is 47.0 Å². The minimum atomic E-state index is -0.458. The number of aliphatic hydroxyl groups excluding tert-OH is 1. The van der Waals surface area contributed by atoms with Gasteiger partial charge < -0.3 is 24.8 Å². The van der Waals surface area contributed by atoms with E-state index in [0.717, 1.165) is 13.0 Å². The van der Waals surface area contributed by atoms with Gasteiger partial charge in [-0.2, -0.15) is 0 Å². The zero-order valence-corrected chi connectivity index (χ0v) is 13.2. The summed E-state index contributed by atoms with van der Waals surface area (Å²) in [6.45, 7) is 9.21. The topological polar surface area (TPSA) is 54.0 Å². The van der Waals surface area contributed by atoms with Gasteiger partial charge in [0.15, 0.2) is 0 Å². The van der Waals surface area contributed by atoms with Crippen molar-refractivity contribution >= 4 is 0 Å². The van der Waals surface area contributed by atoms with E-state index in [9.17, 15) is 5.11 Å². The molecule has 0 amide bonds. The van der Waals surface area contributed by atoms with Crippen LogP contribution in [0.2, 0.25) is 0 Å². The highest BCUT2D eigenvalue weighted by Gasteiger charge is 2.07. The third-order valence-electron chi connectivity index (χ3n) is 2.70. The molecule has 0 aromatic heterocycles. The van der Waals surface area contributed by atoms with E-state index in [2.05, 4.69) is 31.2 Å². The van der Waals surface area contributed by atoms with Crippen molar-refractivity contribution in [3.63, 3.8) is 0 Å². The van der Waals surface area contributed by atoms with Crippen LogP contribution in [0.3, 0.4) is 0 Å². The first-order valence-corrected chi connectivity index (χ1v) is 7.17. The molecule has 0 bridgehead atoms. The standard InChI is InChI=1S/C14H32N2O3/c1-12(2)19-9-8-18-11-14(17)10-15-13(3)6-7-16(4)5/h12-15,17H,6-11H2,1-5H3. The van der Waals surface area contributed by atoms with Crippen LogP contribution in [0.15, 0.2) is 0 Å². The highest BCUT2D eigenvalue weighted by Crippen LogP contribution is 1.94. The van der Waals surface area contributed by atoms with Crippen LogP contribution in [0.1, 0.15) is 27.2 Å². The number of hydrogen-bond donors (Lipinski definition) is 2. The number of hydrogen-bond acceptors (Lipinski definition) is 5. The number of rotatable bonds is 12. The van der Waals surface area contributed by atoms with Crippen LogP contribution in [-0.4, -0.2) is 75.3 Å². The van der Waals surface area contributed by atoms with Crippen LogP contribution < -0.4 is 5.32 Å². The van der Waals surface area contributed by atoms with Gasteiger partial charge in [-0.25, -0.2) is 0 Å². The molecule has 2 unspecified atom stereocenters. The molecule has 116 valence electrons. The summed E-state index contributed by atoms with van der Waals surface area (Å²) >= 11 is 0. The highest BCUT2D eigenvalue weighted by molar-refractivity contribution is 4.66. The van der Waals surface area contributed by atoms with E-state index in [1.165, 1.54) is 0 Å². The van der Waals surface area contributed by atoms with Crippen molar-refractivity contribution in [1.29, 1.82) is 0 Å². The summed E-state index contributed by atoms with van der Waals surface area (Å²) in [5.41, 5.74) is 0. The van der Waals surface area contributed by atoms with E-state index in [1.54, 1.807) is 0 Å². The number of nitrogens with zero attached hydrogens (tertiary/aromatic N) is 1. The second-order valence-corrected chi connectivity index (χ2v) is 5.55. The average molecular weight is 276 g/mol. The Bertz CT molecular complexity index is 201. The lowest BCUT2D eigenvalue weighted by atomic mass is 10.2. The lowest BCUT2D eigenvalue weighted by molar-refractivity contribution is -0.0104. The van der Waals surface area contributed by atoms with Gasteiger partial charge in [0.1, 0.15) is 0 Å². The first-order chi connectivity index (χ1) is 8.91. The predicted octanol–water partition coefficient (Wildman–Crippen LogP) is 0.719. The Hall–Kier alpha value is -0.200. The van der Waals surface area contributed by atoms with Crippen LogP contribution in [0.25, 0.3) is 0 Å². The molecule has 19 heavy (non-hydrogen) atoms. The minimum absolute atomic E-state index is 0.229. The van der Waals surface area contributed by atoms with E-state index >= 15 is 0 Å². The van der Waals surface area contributed by atoms with Crippen LogP contribution in [0.5, 0.6) is 0 Å². The second-order valence-electron chi connectivity index (χ2n) is 5.55. The molecule has 0 spiro atoms. The quantitative estimate of drug-likeness (QED) is 0.514. The molecule has 5 nitrogen and oxygen atoms in total. The molecule has 0 aromatic rings. The molecule has 0 aromatic carbocycles. The third-order valence-corrected chi connectivity index (χ3v) is 2.70. The Kier molecular flexibility index (Phi) is 11.5. The monoisotopic (exact) mass is 276 g/mol. The van der Waals surface area contributed by atoms with Gasteiger partial charge in [-0.3, -0.25) is 0 Å². The smallest absolute Gasteiger partial charge is 0.0897 e. The molecule has 0 rings (SSSR count). The van der Waals surface area contributed by atoms with Crippen molar-refractivity contribution in [2.45, 2.75) is 45.4 Å². The van der Waals surface area contributed by atoms with Gasteiger partial charge in [-0.15, -0.1) is 0 Å². The lowest BCUT2D eigenvalue weighted by Gasteiger charge is -2.19. The fourth-order valence-corrected chi connectivity index (χ4v) is 1.51. The maximum absolute atomic E-state index is 9.75. The maximum Gasteiger partial charge on any atom is 0.0897 e. The Balaban J connectivity index is 3.40. The Morgan fingerprint density at radius 3 is 2.42 bits per heavy atom. The molecule has 0 aliphatic carbocycles. The van der Waals surface area contributed by atoms with Gasteiger partial charge in [0.2, 0.25) is 0 Å². The SMILES string of the molecule is CC(CCN(C)C)NCC(O)COCCOC(C)C. The van der Waals surface area contributed by atoms with Gasteiger partial charge in [-0.1, -0.05) is 0 Å². The summed E-state index contributed by atoms with van der Waals surface area (Å²) in [4.78, 5) is 2.16. The van der Waals surface area contributed by atoms with E-state index in [0.29, 0.717) is 32.4 Å². The molecule has 2 atom stereocenters. The first kappa shape index (κ1) is 18.8. The lowest BCUT2D eigenvalue weighted by Crippen LogP contribution is -2.37. The highest BCUT2D eigenvalue weighted by atomic mass is 16.5. The van der Waals surface area contributed by atoms with E-state index in [1.807, 2.05) is 13.8 Å². The van der Waals surface area contributed by atoms with Crippen LogP contribution in [-0.2, 0) is 9.47 Å². The van der Waals surface area contributed by atoms with Crippen LogP contribution in [0.4, 0.5) is 0 Å². The van der Waals surface area contributed by atoms with Gasteiger partial charge in [0.05, 0.1) is 32.0 Å². The summed E-state index contributed by atoms with van der Waals surface area (Å²) in [5, 5.41) is 13.1. The first-order valence-electron chi connectivity index (χ1n) is 7.17.